The Morgan fingerprint density at radius 1 is 1.44 bits per heavy atom. The highest BCUT2D eigenvalue weighted by atomic mass is 32.1. The molecule has 16 heavy (non-hydrogen) atoms. The molecular formula is C12H16O3S. The van der Waals surface area contributed by atoms with Crippen LogP contribution in [0.25, 0.3) is 0 Å². The standard InChI is InChI=1S/C12H16O3S/c1-7-3-4-9(8(2)13)5-10(7)12(15)11(14)6-16/h3-5,11-12,14-16H,6H2,1-2H3. The van der Waals surface area contributed by atoms with E-state index in [0.29, 0.717) is 11.1 Å². The Balaban J connectivity index is 3.11. The third-order valence-electron chi connectivity index (χ3n) is 2.56. The Morgan fingerprint density at radius 3 is 2.56 bits per heavy atom. The number of carbonyl (C=O) groups is 1. The van der Waals surface area contributed by atoms with Crippen LogP contribution in [0, 0.1) is 6.92 Å². The summed E-state index contributed by atoms with van der Waals surface area (Å²) in [6.07, 6.45) is -1.93. The molecule has 0 fully saturated rings. The molecule has 0 aliphatic heterocycles. The second-order valence-electron chi connectivity index (χ2n) is 3.82. The number of Topliss-reactive ketones (excluding diaryl/α,β-unsaturated/α-hetero) is 1. The summed E-state index contributed by atoms with van der Waals surface area (Å²) in [5.74, 6) is 0.110. The third kappa shape index (κ3) is 2.84. The van der Waals surface area contributed by atoms with Gasteiger partial charge in [-0.05, 0) is 31.0 Å². The highest BCUT2D eigenvalue weighted by Gasteiger charge is 2.19. The molecule has 1 aromatic carbocycles. The average molecular weight is 240 g/mol. The molecule has 2 atom stereocenters. The molecule has 1 aromatic rings. The van der Waals surface area contributed by atoms with Gasteiger partial charge in [0.05, 0.1) is 6.10 Å². The highest BCUT2D eigenvalue weighted by molar-refractivity contribution is 7.80. The number of hydrogen-bond acceptors (Lipinski definition) is 4. The lowest BCUT2D eigenvalue weighted by Gasteiger charge is -2.18. The SMILES string of the molecule is CC(=O)c1ccc(C)c(C(O)C(O)CS)c1. The number of carbonyl (C=O) groups excluding carboxylic acids is 1. The summed E-state index contributed by atoms with van der Waals surface area (Å²) in [5, 5.41) is 19.4. The van der Waals surface area contributed by atoms with Gasteiger partial charge in [0.25, 0.3) is 0 Å². The molecule has 0 amide bonds. The lowest BCUT2D eigenvalue weighted by atomic mass is 9.96. The number of rotatable bonds is 4. The van der Waals surface area contributed by atoms with E-state index in [2.05, 4.69) is 12.6 Å². The predicted molar refractivity (Wildman–Crippen MR) is 66.0 cm³/mol. The molecule has 0 aliphatic carbocycles. The van der Waals surface area contributed by atoms with Gasteiger partial charge in [-0.2, -0.15) is 12.6 Å². The predicted octanol–water partition coefficient (Wildman–Crippen LogP) is 1.52. The molecule has 4 heteroatoms. The van der Waals surface area contributed by atoms with E-state index < -0.39 is 12.2 Å². The van der Waals surface area contributed by atoms with E-state index in [1.54, 1.807) is 18.2 Å². The zero-order chi connectivity index (χ0) is 12.3. The first-order valence-electron chi connectivity index (χ1n) is 5.06. The molecular weight excluding hydrogens is 224 g/mol. The van der Waals surface area contributed by atoms with Crippen LogP contribution in [-0.2, 0) is 0 Å². The van der Waals surface area contributed by atoms with Crippen LogP contribution in [0.5, 0.6) is 0 Å². The maximum Gasteiger partial charge on any atom is 0.159 e. The quantitative estimate of drug-likeness (QED) is 0.552. The summed E-state index contributed by atoms with van der Waals surface area (Å²) < 4.78 is 0. The molecule has 0 radical (unpaired) electrons. The smallest absolute Gasteiger partial charge is 0.159 e. The van der Waals surface area contributed by atoms with Gasteiger partial charge in [-0.3, -0.25) is 4.79 Å². The number of thiol groups is 1. The molecule has 0 saturated carbocycles. The van der Waals surface area contributed by atoms with Crippen LogP contribution < -0.4 is 0 Å². The van der Waals surface area contributed by atoms with Crippen LogP contribution in [0.2, 0.25) is 0 Å². The Labute approximate surface area is 101 Å². The number of aliphatic hydroxyl groups is 2. The summed E-state index contributed by atoms with van der Waals surface area (Å²) in [6, 6.07) is 5.09. The highest BCUT2D eigenvalue weighted by Crippen LogP contribution is 2.23. The molecule has 3 nitrogen and oxygen atoms in total. The fraction of sp³-hybridized carbons (Fsp3) is 0.417. The lowest BCUT2D eigenvalue weighted by molar-refractivity contribution is 0.0333. The first-order valence-corrected chi connectivity index (χ1v) is 5.69. The molecule has 0 bridgehead atoms. The van der Waals surface area contributed by atoms with Crippen molar-refractivity contribution in [2.45, 2.75) is 26.1 Å². The largest absolute Gasteiger partial charge is 0.389 e. The minimum Gasteiger partial charge on any atom is -0.389 e. The zero-order valence-corrected chi connectivity index (χ0v) is 10.2. The second-order valence-corrected chi connectivity index (χ2v) is 4.19. The van der Waals surface area contributed by atoms with E-state index in [-0.39, 0.29) is 11.5 Å². The average Bonchev–Trinajstić information content (AvgIpc) is 2.27. The Hall–Kier alpha value is -0.840. The van der Waals surface area contributed by atoms with Crippen LogP contribution in [0.1, 0.15) is 34.5 Å². The molecule has 0 saturated heterocycles. The minimum absolute atomic E-state index is 0.0613. The van der Waals surface area contributed by atoms with Gasteiger partial charge < -0.3 is 10.2 Å². The number of aliphatic hydroxyl groups excluding tert-OH is 2. The third-order valence-corrected chi connectivity index (χ3v) is 2.93. The molecule has 0 aromatic heterocycles. The molecule has 0 spiro atoms. The molecule has 0 aliphatic rings. The zero-order valence-electron chi connectivity index (χ0n) is 9.34. The number of ketones is 1. The number of aryl methyl sites for hydroxylation is 1. The van der Waals surface area contributed by atoms with E-state index in [1.165, 1.54) is 6.92 Å². The van der Waals surface area contributed by atoms with Crippen molar-refractivity contribution in [1.29, 1.82) is 0 Å². The maximum absolute atomic E-state index is 11.2. The topological polar surface area (TPSA) is 57.5 Å². The molecule has 2 unspecified atom stereocenters. The summed E-state index contributed by atoms with van der Waals surface area (Å²) in [7, 11) is 0. The van der Waals surface area contributed by atoms with Gasteiger partial charge in [0.2, 0.25) is 0 Å². The normalized spacial score (nSPS) is 14.6. The maximum atomic E-state index is 11.2. The van der Waals surface area contributed by atoms with E-state index >= 15 is 0 Å². The first kappa shape index (κ1) is 13.2. The Kier molecular flexibility index (Phi) is 4.53. The first-order chi connectivity index (χ1) is 7.47. The van der Waals surface area contributed by atoms with Crippen LogP contribution in [0.15, 0.2) is 18.2 Å². The van der Waals surface area contributed by atoms with Crippen LogP contribution in [-0.4, -0.2) is 27.9 Å². The van der Waals surface area contributed by atoms with E-state index in [1.807, 2.05) is 6.92 Å². The Bertz CT molecular complexity index is 390. The van der Waals surface area contributed by atoms with Crippen molar-refractivity contribution >= 4 is 18.4 Å². The Morgan fingerprint density at radius 2 is 2.06 bits per heavy atom. The summed E-state index contributed by atoms with van der Waals surface area (Å²) >= 11 is 3.93. The molecule has 88 valence electrons. The number of benzene rings is 1. The summed E-state index contributed by atoms with van der Waals surface area (Å²) in [5.41, 5.74) is 1.96. The van der Waals surface area contributed by atoms with Gasteiger partial charge >= 0.3 is 0 Å². The van der Waals surface area contributed by atoms with Gasteiger partial charge in [0.15, 0.2) is 5.78 Å². The fourth-order valence-corrected chi connectivity index (χ4v) is 1.68. The number of hydrogen-bond donors (Lipinski definition) is 3. The van der Waals surface area contributed by atoms with Gasteiger partial charge in [-0.25, -0.2) is 0 Å². The van der Waals surface area contributed by atoms with Crippen molar-refractivity contribution in [1.82, 2.24) is 0 Å². The molecule has 1 rings (SSSR count). The monoisotopic (exact) mass is 240 g/mol. The van der Waals surface area contributed by atoms with E-state index in [4.69, 9.17) is 0 Å². The summed E-state index contributed by atoms with van der Waals surface area (Å²) in [6.45, 7) is 3.30. The van der Waals surface area contributed by atoms with Gasteiger partial charge in [0.1, 0.15) is 6.10 Å². The molecule has 0 heterocycles. The fourth-order valence-electron chi connectivity index (χ4n) is 1.49. The van der Waals surface area contributed by atoms with Gasteiger partial charge in [0, 0.05) is 11.3 Å². The van der Waals surface area contributed by atoms with Crippen LogP contribution in [0.4, 0.5) is 0 Å². The lowest BCUT2D eigenvalue weighted by Crippen LogP contribution is -2.20. The summed E-state index contributed by atoms with van der Waals surface area (Å²) in [4.78, 5) is 11.2. The van der Waals surface area contributed by atoms with Crippen molar-refractivity contribution in [3.05, 3.63) is 34.9 Å². The van der Waals surface area contributed by atoms with Crippen molar-refractivity contribution in [2.24, 2.45) is 0 Å². The van der Waals surface area contributed by atoms with Gasteiger partial charge in [-0.1, -0.05) is 12.1 Å². The van der Waals surface area contributed by atoms with Crippen LogP contribution in [0.3, 0.4) is 0 Å². The van der Waals surface area contributed by atoms with Crippen molar-refractivity contribution in [2.75, 3.05) is 5.75 Å². The molecule has 2 N–H and O–H groups in total. The minimum atomic E-state index is -1.00. The van der Waals surface area contributed by atoms with Crippen molar-refractivity contribution in [3.8, 4) is 0 Å². The van der Waals surface area contributed by atoms with E-state index in [0.717, 1.165) is 5.56 Å². The van der Waals surface area contributed by atoms with E-state index in [9.17, 15) is 15.0 Å². The van der Waals surface area contributed by atoms with Crippen LogP contribution >= 0.6 is 12.6 Å². The second kappa shape index (κ2) is 5.48. The van der Waals surface area contributed by atoms with Gasteiger partial charge in [-0.15, -0.1) is 0 Å². The van der Waals surface area contributed by atoms with Crippen molar-refractivity contribution in [3.63, 3.8) is 0 Å². The van der Waals surface area contributed by atoms with Crippen molar-refractivity contribution < 1.29 is 15.0 Å².